The Kier molecular flexibility index (Phi) is 1.65. The van der Waals surface area contributed by atoms with Gasteiger partial charge in [-0.15, -0.1) is 0 Å². The van der Waals surface area contributed by atoms with E-state index in [1.54, 1.807) is 0 Å². The SMILES string of the molecule is CC(N)c1noc(C2CC2C)n1. The van der Waals surface area contributed by atoms with Gasteiger partial charge in [-0.25, -0.2) is 0 Å². The summed E-state index contributed by atoms with van der Waals surface area (Å²) >= 11 is 0. The minimum atomic E-state index is -0.128. The van der Waals surface area contributed by atoms with Crippen LogP contribution in [0.1, 0.15) is 43.9 Å². The van der Waals surface area contributed by atoms with Crippen LogP contribution in [0, 0.1) is 5.92 Å². The first-order valence-corrected chi connectivity index (χ1v) is 4.27. The molecule has 0 bridgehead atoms. The number of nitrogens with two attached hydrogens (primary N) is 1. The summed E-state index contributed by atoms with van der Waals surface area (Å²) in [4.78, 5) is 4.22. The maximum atomic E-state index is 5.60. The molecule has 1 fully saturated rings. The Balaban J connectivity index is 2.14. The van der Waals surface area contributed by atoms with E-state index in [2.05, 4.69) is 17.1 Å². The molecule has 1 heterocycles. The van der Waals surface area contributed by atoms with Crippen molar-refractivity contribution in [1.29, 1.82) is 0 Å². The highest BCUT2D eigenvalue weighted by Crippen LogP contribution is 2.46. The third kappa shape index (κ3) is 1.22. The molecular formula is C8H13N3O. The largest absolute Gasteiger partial charge is 0.339 e. The van der Waals surface area contributed by atoms with Crippen molar-refractivity contribution < 1.29 is 4.52 Å². The predicted octanol–water partition coefficient (Wildman–Crippen LogP) is 1.21. The minimum Gasteiger partial charge on any atom is -0.339 e. The zero-order valence-electron chi connectivity index (χ0n) is 7.32. The number of hydrogen-bond donors (Lipinski definition) is 1. The van der Waals surface area contributed by atoms with Crippen LogP contribution < -0.4 is 5.73 Å². The summed E-state index contributed by atoms with van der Waals surface area (Å²) in [6.07, 6.45) is 1.17. The fourth-order valence-corrected chi connectivity index (χ4v) is 1.25. The summed E-state index contributed by atoms with van der Waals surface area (Å²) in [5.41, 5.74) is 5.60. The van der Waals surface area contributed by atoms with E-state index in [-0.39, 0.29) is 6.04 Å². The molecule has 66 valence electrons. The van der Waals surface area contributed by atoms with Crippen molar-refractivity contribution >= 4 is 0 Å². The van der Waals surface area contributed by atoms with E-state index < -0.39 is 0 Å². The van der Waals surface area contributed by atoms with Crippen LogP contribution >= 0.6 is 0 Å². The summed E-state index contributed by atoms with van der Waals surface area (Å²) in [7, 11) is 0. The van der Waals surface area contributed by atoms with Crippen LogP contribution in [-0.4, -0.2) is 10.1 Å². The quantitative estimate of drug-likeness (QED) is 0.719. The standard InChI is InChI=1S/C8H13N3O/c1-4-3-6(4)8-10-7(5(2)9)11-12-8/h4-6H,3,9H2,1-2H3. The molecule has 0 aromatic carbocycles. The summed E-state index contributed by atoms with van der Waals surface area (Å²) in [6, 6.07) is -0.128. The van der Waals surface area contributed by atoms with Gasteiger partial charge in [0.15, 0.2) is 5.82 Å². The lowest BCUT2D eigenvalue weighted by molar-refractivity contribution is 0.369. The first-order chi connectivity index (χ1) is 5.68. The van der Waals surface area contributed by atoms with Gasteiger partial charge in [-0.3, -0.25) is 0 Å². The van der Waals surface area contributed by atoms with Crippen LogP contribution in [0.3, 0.4) is 0 Å². The van der Waals surface area contributed by atoms with Gasteiger partial charge >= 0.3 is 0 Å². The van der Waals surface area contributed by atoms with E-state index in [4.69, 9.17) is 10.3 Å². The van der Waals surface area contributed by atoms with Gasteiger partial charge < -0.3 is 10.3 Å². The average molecular weight is 167 g/mol. The molecule has 4 heteroatoms. The summed E-state index contributed by atoms with van der Waals surface area (Å²) < 4.78 is 5.08. The molecule has 3 atom stereocenters. The van der Waals surface area contributed by atoms with Crippen LogP contribution in [-0.2, 0) is 0 Å². The lowest BCUT2D eigenvalue weighted by Gasteiger charge is -1.92. The maximum absolute atomic E-state index is 5.60. The van der Waals surface area contributed by atoms with Gasteiger partial charge in [0.05, 0.1) is 6.04 Å². The Hall–Kier alpha value is -0.900. The van der Waals surface area contributed by atoms with Crippen LogP contribution in [0.2, 0.25) is 0 Å². The summed E-state index contributed by atoms with van der Waals surface area (Å²) in [6.45, 7) is 4.03. The van der Waals surface area contributed by atoms with Crippen LogP contribution in [0.25, 0.3) is 0 Å². The fraction of sp³-hybridized carbons (Fsp3) is 0.750. The Bertz CT molecular complexity index is 282. The van der Waals surface area contributed by atoms with Crippen molar-refractivity contribution in [1.82, 2.24) is 10.1 Å². The molecule has 0 saturated heterocycles. The van der Waals surface area contributed by atoms with E-state index in [1.807, 2.05) is 6.92 Å². The number of hydrogen-bond acceptors (Lipinski definition) is 4. The van der Waals surface area contributed by atoms with Crippen molar-refractivity contribution in [3.8, 4) is 0 Å². The van der Waals surface area contributed by atoms with Gasteiger partial charge in [0, 0.05) is 5.92 Å². The number of nitrogens with zero attached hydrogens (tertiary/aromatic N) is 2. The highest BCUT2D eigenvalue weighted by molar-refractivity contribution is 5.06. The zero-order valence-corrected chi connectivity index (χ0v) is 7.32. The predicted molar refractivity (Wildman–Crippen MR) is 43.4 cm³/mol. The Morgan fingerprint density at radius 2 is 2.33 bits per heavy atom. The first-order valence-electron chi connectivity index (χ1n) is 4.27. The van der Waals surface area contributed by atoms with E-state index in [1.165, 1.54) is 6.42 Å². The summed E-state index contributed by atoms with van der Waals surface area (Å²) in [5.74, 6) is 2.57. The molecule has 2 N–H and O–H groups in total. The van der Waals surface area contributed by atoms with Crippen LogP contribution in [0.5, 0.6) is 0 Å². The monoisotopic (exact) mass is 167 g/mol. The third-order valence-corrected chi connectivity index (χ3v) is 2.29. The molecule has 0 radical (unpaired) electrons. The Morgan fingerprint density at radius 1 is 1.67 bits per heavy atom. The molecule has 0 aliphatic heterocycles. The average Bonchev–Trinajstić information content (AvgIpc) is 2.59. The molecule has 12 heavy (non-hydrogen) atoms. The molecule has 0 amide bonds. The smallest absolute Gasteiger partial charge is 0.230 e. The normalized spacial score (nSPS) is 30.2. The second kappa shape index (κ2) is 2.55. The molecule has 3 unspecified atom stereocenters. The Labute approximate surface area is 71.1 Å². The van der Waals surface area contributed by atoms with Crippen molar-refractivity contribution in [2.24, 2.45) is 11.7 Å². The van der Waals surface area contributed by atoms with Crippen molar-refractivity contribution in [3.63, 3.8) is 0 Å². The Morgan fingerprint density at radius 3 is 2.75 bits per heavy atom. The van der Waals surface area contributed by atoms with E-state index in [9.17, 15) is 0 Å². The zero-order chi connectivity index (χ0) is 8.72. The lowest BCUT2D eigenvalue weighted by atomic mass is 10.3. The third-order valence-electron chi connectivity index (χ3n) is 2.29. The van der Waals surface area contributed by atoms with Gasteiger partial charge in [-0.05, 0) is 19.3 Å². The van der Waals surface area contributed by atoms with Gasteiger partial charge in [-0.1, -0.05) is 12.1 Å². The highest BCUT2D eigenvalue weighted by Gasteiger charge is 2.38. The number of aromatic nitrogens is 2. The maximum Gasteiger partial charge on any atom is 0.230 e. The van der Waals surface area contributed by atoms with Crippen molar-refractivity contribution in [2.45, 2.75) is 32.2 Å². The molecule has 4 nitrogen and oxygen atoms in total. The highest BCUT2D eigenvalue weighted by atomic mass is 16.5. The molecule has 1 aliphatic rings. The van der Waals surface area contributed by atoms with Gasteiger partial charge in [0.2, 0.25) is 5.89 Å². The summed E-state index contributed by atoms with van der Waals surface area (Å²) in [5, 5.41) is 3.80. The lowest BCUT2D eigenvalue weighted by Crippen LogP contribution is -2.06. The topological polar surface area (TPSA) is 64.9 Å². The van der Waals surface area contributed by atoms with Gasteiger partial charge in [-0.2, -0.15) is 4.98 Å². The first kappa shape index (κ1) is 7.73. The van der Waals surface area contributed by atoms with Crippen molar-refractivity contribution in [3.05, 3.63) is 11.7 Å². The minimum absolute atomic E-state index is 0.128. The van der Waals surface area contributed by atoms with Crippen LogP contribution in [0.15, 0.2) is 4.52 Å². The van der Waals surface area contributed by atoms with E-state index in [0.717, 1.165) is 5.89 Å². The number of rotatable bonds is 2. The second-order valence-corrected chi connectivity index (χ2v) is 3.60. The van der Waals surface area contributed by atoms with Gasteiger partial charge in [0.1, 0.15) is 0 Å². The van der Waals surface area contributed by atoms with E-state index in [0.29, 0.717) is 17.7 Å². The van der Waals surface area contributed by atoms with Crippen molar-refractivity contribution in [2.75, 3.05) is 0 Å². The molecule has 0 spiro atoms. The molecule has 2 rings (SSSR count). The van der Waals surface area contributed by atoms with E-state index >= 15 is 0 Å². The molecule has 1 aromatic heterocycles. The molecule has 1 saturated carbocycles. The second-order valence-electron chi connectivity index (χ2n) is 3.60. The molecular weight excluding hydrogens is 154 g/mol. The molecule has 1 aromatic rings. The van der Waals surface area contributed by atoms with Crippen LogP contribution in [0.4, 0.5) is 0 Å². The molecule has 1 aliphatic carbocycles. The fourth-order valence-electron chi connectivity index (χ4n) is 1.25. The van der Waals surface area contributed by atoms with Gasteiger partial charge in [0.25, 0.3) is 0 Å².